The van der Waals surface area contributed by atoms with Crippen molar-refractivity contribution >= 4 is 16.7 Å². The molecule has 0 radical (unpaired) electrons. The van der Waals surface area contributed by atoms with E-state index in [0.29, 0.717) is 18.5 Å². The first kappa shape index (κ1) is 14.3. The number of anilines is 1. The Hall–Kier alpha value is -2.62. The second kappa shape index (κ2) is 5.64. The van der Waals surface area contributed by atoms with Gasteiger partial charge in [0.15, 0.2) is 0 Å². The number of hydrogen-bond acceptors (Lipinski definition) is 2. The van der Waals surface area contributed by atoms with Crippen LogP contribution in [0.15, 0.2) is 54.6 Å². The SMILES string of the molecule is C=C(C)Cn1c(Cc2ccc(N)cc2)nc2cc(F)ccc21. The maximum atomic E-state index is 13.4. The van der Waals surface area contributed by atoms with Crippen LogP contribution < -0.4 is 5.73 Å². The number of nitrogens with two attached hydrogens (primary N) is 1. The van der Waals surface area contributed by atoms with Gasteiger partial charge in [-0.15, -0.1) is 0 Å². The van der Waals surface area contributed by atoms with Crippen LogP contribution in [0.2, 0.25) is 0 Å². The van der Waals surface area contributed by atoms with Gasteiger partial charge in [-0.3, -0.25) is 0 Å². The quantitative estimate of drug-likeness (QED) is 0.585. The van der Waals surface area contributed by atoms with E-state index < -0.39 is 0 Å². The van der Waals surface area contributed by atoms with Gasteiger partial charge in [-0.25, -0.2) is 9.37 Å². The van der Waals surface area contributed by atoms with Gasteiger partial charge in [-0.2, -0.15) is 0 Å². The Balaban J connectivity index is 2.06. The van der Waals surface area contributed by atoms with Gasteiger partial charge in [-0.05, 0) is 36.8 Å². The van der Waals surface area contributed by atoms with Crippen LogP contribution in [0.5, 0.6) is 0 Å². The zero-order valence-electron chi connectivity index (χ0n) is 12.5. The topological polar surface area (TPSA) is 43.8 Å². The number of halogens is 1. The molecule has 0 aliphatic rings. The van der Waals surface area contributed by atoms with Crippen molar-refractivity contribution in [2.75, 3.05) is 5.73 Å². The predicted molar refractivity (Wildman–Crippen MR) is 88.2 cm³/mol. The van der Waals surface area contributed by atoms with Crippen LogP contribution in [0.3, 0.4) is 0 Å². The van der Waals surface area contributed by atoms with Crippen molar-refractivity contribution in [3.63, 3.8) is 0 Å². The lowest BCUT2D eigenvalue weighted by molar-refractivity contribution is 0.629. The Morgan fingerprint density at radius 3 is 2.64 bits per heavy atom. The third kappa shape index (κ3) is 2.86. The summed E-state index contributed by atoms with van der Waals surface area (Å²) in [4.78, 5) is 4.59. The number of allylic oxidation sites excluding steroid dienone is 1. The molecule has 0 saturated heterocycles. The Labute approximate surface area is 128 Å². The first-order chi connectivity index (χ1) is 10.5. The highest BCUT2D eigenvalue weighted by Gasteiger charge is 2.12. The lowest BCUT2D eigenvalue weighted by Gasteiger charge is -2.09. The van der Waals surface area contributed by atoms with E-state index in [0.717, 1.165) is 28.2 Å². The molecule has 0 saturated carbocycles. The lowest BCUT2D eigenvalue weighted by Crippen LogP contribution is -2.05. The highest BCUT2D eigenvalue weighted by Crippen LogP contribution is 2.21. The van der Waals surface area contributed by atoms with Crippen LogP contribution in [-0.4, -0.2) is 9.55 Å². The Morgan fingerprint density at radius 2 is 1.95 bits per heavy atom. The molecule has 2 aromatic carbocycles. The fourth-order valence-corrected chi connectivity index (χ4v) is 2.55. The van der Waals surface area contributed by atoms with Crippen LogP contribution >= 0.6 is 0 Å². The van der Waals surface area contributed by atoms with Crippen LogP contribution in [0.4, 0.5) is 10.1 Å². The maximum Gasteiger partial charge on any atom is 0.125 e. The van der Waals surface area contributed by atoms with Crippen molar-refractivity contribution < 1.29 is 4.39 Å². The van der Waals surface area contributed by atoms with Gasteiger partial charge in [0.05, 0.1) is 11.0 Å². The van der Waals surface area contributed by atoms with Crippen molar-refractivity contribution in [2.24, 2.45) is 0 Å². The zero-order valence-corrected chi connectivity index (χ0v) is 12.5. The number of hydrogen-bond donors (Lipinski definition) is 1. The molecule has 3 aromatic rings. The summed E-state index contributed by atoms with van der Waals surface area (Å²) >= 11 is 0. The summed E-state index contributed by atoms with van der Waals surface area (Å²) in [5, 5.41) is 0. The molecule has 0 bridgehead atoms. The Bertz CT molecular complexity index is 831. The molecule has 0 aliphatic carbocycles. The smallest absolute Gasteiger partial charge is 0.125 e. The predicted octanol–water partition coefficient (Wildman–Crippen LogP) is 3.92. The number of benzene rings is 2. The number of fused-ring (bicyclic) bond motifs is 1. The van der Waals surface area contributed by atoms with E-state index in [2.05, 4.69) is 16.1 Å². The van der Waals surface area contributed by atoms with E-state index >= 15 is 0 Å². The van der Waals surface area contributed by atoms with Gasteiger partial charge >= 0.3 is 0 Å². The van der Waals surface area contributed by atoms with E-state index in [1.54, 1.807) is 6.07 Å². The first-order valence-corrected chi connectivity index (χ1v) is 7.16. The number of nitrogen functional groups attached to an aromatic ring is 1. The molecule has 22 heavy (non-hydrogen) atoms. The van der Waals surface area contributed by atoms with Gasteiger partial charge in [0, 0.05) is 24.7 Å². The van der Waals surface area contributed by atoms with Crippen LogP contribution in [0, 0.1) is 5.82 Å². The summed E-state index contributed by atoms with van der Waals surface area (Å²) < 4.78 is 15.5. The monoisotopic (exact) mass is 295 g/mol. The molecular weight excluding hydrogens is 277 g/mol. The van der Waals surface area contributed by atoms with Crippen molar-refractivity contribution in [3.8, 4) is 0 Å². The summed E-state index contributed by atoms with van der Waals surface area (Å²) in [6.45, 7) is 6.62. The number of rotatable bonds is 4. The van der Waals surface area contributed by atoms with Gasteiger partial charge in [0.1, 0.15) is 11.6 Å². The summed E-state index contributed by atoms with van der Waals surface area (Å²) in [7, 11) is 0. The van der Waals surface area contributed by atoms with Crippen molar-refractivity contribution in [2.45, 2.75) is 19.9 Å². The fraction of sp³-hybridized carbons (Fsp3) is 0.167. The number of nitrogens with zero attached hydrogens (tertiary/aromatic N) is 2. The Kier molecular flexibility index (Phi) is 3.67. The van der Waals surface area contributed by atoms with E-state index in [4.69, 9.17) is 5.73 Å². The average molecular weight is 295 g/mol. The molecule has 0 fully saturated rings. The highest BCUT2D eigenvalue weighted by molar-refractivity contribution is 5.76. The van der Waals surface area contributed by atoms with Crippen molar-refractivity contribution in [1.82, 2.24) is 9.55 Å². The third-order valence-electron chi connectivity index (χ3n) is 3.56. The van der Waals surface area contributed by atoms with Crippen LogP contribution in [-0.2, 0) is 13.0 Å². The molecule has 3 rings (SSSR count). The zero-order chi connectivity index (χ0) is 15.7. The number of aromatic nitrogens is 2. The van der Waals surface area contributed by atoms with Gasteiger partial charge in [0.2, 0.25) is 0 Å². The van der Waals surface area contributed by atoms with E-state index in [1.165, 1.54) is 12.1 Å². The summed E-state index contributed by atoms with van der Waals surface area (Å²) in [6.07, 6.45) is 0.670. The largest absolute Gasteiger partial charge is 0.399 e. The summed E-state index contributed by atoms with van der Waals surface area (Å²) in [6, 6.07) is 12.4. The van der Waals surface area contributed by atoms with Crippen molar-refractivity contribution in [3.05, 3.63) is 71.8 Å². The average Bonchev–Trinajstić information content (AvgIpc) is 2.78. The van der Waals surface area contributed by atoms with Gasteiger partial charge in [0.25, 0.3) is 0 Å². The second-order valence-corrected chi connectivity index (χ2v) is 5.62. The standard InChI is InChI=1S/C18H18FN3/c1-12(2)11-22-17-8-5-14(19)10-16(17)21-18(22)9-13-3-6-15(20)7-4-13/h3-8,10H,1,9,11,20H2,2H3. The van der Waals surface area contributed by atoms with Crippen LogP contribution in [0.1, 0.15) is 18.3 Å². The van der Waals surface area contributed by atoms with Gasteiger partial charge in [-0.1, -0.05) is 24.3 Å². The molecule has 0 amide bonds. The summed E-state index contributed by atoms with van der Waals surface area (Å²) in [5.74, 6) is 0.625. The lowest BCUT2D eigenvalue weighted by atomic mass is 10.1. The highest BCUT2D eigenvalue weighted by atomic mass is 19.1. The summed E-state index contributed by atoms with van der Waals surface area (Å²) in [5.41, 5.74) is 10.2. The first-order valence-electron chi connectivity index (χ1n) is 7.16. The van der Waals surface area contributed by atoms with Crippen LogP contribution in [0.25, 0.3) is 11.0 Å². The molecule has 0 unspecified atom stereocenters. The minimum absolute atomic E-state index is 0.272. The van der Waals surface area contributed by atoms with E-state index in [1.807, 2.05) is 31.2 Å². The second-order valence-electron chi connectivity index (χ2n) is 5.62. The number of imidazole rings is 1. The molecule has 1 heterocycles. The molecule has 4 heteroatoms. The maximum absolute atomic E-state index is 13.4. The molecule has 0 spiro atoms. The normalized spacial score (nSPS) is 11.0. The molecule has 0 atom stereocenters. The minimum Gasteiger partial charge on any atom is -0.399 e. The van der Waals surface area contributed by atoms with E-state index in [9.17, 15) is 4.39 Å². The molecular formula is C18H18FN3. The molecule has 112 valence electrons. The molecule has 0 aliphatic heterocycles. The molecule has 1 aromatic heterocycles. The third-order valence-corrected chi connectivity index (χ3v) is 3.56. The molecule has 2 N–H and O–H groups in total. The van der Waals surface area contributed by atoms with E-state index in [-0.39, 0.29) is 5.82 Å². The van der Waals surface area contributed by atoms with Gasteiger partial charge < -0.3 is 10.3 Å². The van der Waals surface area contributed by atoms with Crippen molar-refractivity contribution in [1.29, 1.82) is 0 Å². The fourth-order valence-electron chi connectivity index (χ4n) is 2.55. The minimum atomic E-state index is -0.272. The Morgan fingerprint density at radius 1 is 1.23 bits per heavy atom. The molecule has 3 nitrogen and oxygen atoms in total.